The molecule has 1 aromatic heterocycles. The minimum Gasteiger partial charge on any atom is -0.452 e. The fraction of sp³-hybridized carbons (Fsp3) is 0.217. The first kappa shape index (κ1) is 21.2. The Bertz CT molecular complexity index is 1200. The number of halogens is 1. The summed E-state index contributed by atoms with van der Waals surface area (Å²) in [5.74, 6) is 0.712. The minimum absolute atomic E-state index is 0.0897. The number of hydrogen-bond donors (Lipinski definition) is 2. The summed E-state index contributed by atoms with van der Waals surface area (Å²) >= 11 is 6.22. The molecule has 0 bridgehead atoms. The monoisotopic (exact) mass is 463 g/mol. The first-order chi connectivity index (χ1) is 16.1. The van der Waals surface area contributed by atoms with E-state index >= 15 is 0 Å². The Labute approximate surface area is 195 Å². The predicted octanol–water partition coefficient (Wildman–Crippen LogP) is 3.33. The number of benzene rings is 2. The number of morpholine rings is 1. The second kappa shape index (κ2) is 9.43. The second-order valence-electron chi connectivity index (χ2n) is 7.47. The van der Waals surface area contributed by atoms with Crippen molar-refractivity contribution in [3.63, 3.8) is 0 Å². The van der Waals surface area contributed by atoms with Crippen LogP contribution in [0, 0.1) is 0 Å². The van der Waals surface area contributed by atoms with Crippen LogP contribution in [0.4, 0.5) is 17.8 Å². The van der Waals surface area contributed by atoms with Crippen molar-refractivity contribution >= 4 is 41.2 Å². The molecule has 168 valence electrons. The molecule has 1 atom stereocenters. The van der Waals surface area contributed by atoms with Crippen molar-refractivity contribution in [2.24, 2.45) is 4.99 Å². The van der Waals surface area contributed by atoms with Gasteiger partial charge in [-0.3, -0.25) is 0 Å². The van der Waals surface area contributed by atoms with Crippen LogP contribution in [0.3, 0.4) is 0 Å². The lowest BCUT2D eigenvalue weighted by Gasteiger charge is -2.27. The molecule has 0 saturated carbocycles. The number of nitrogens with two attached hydrogens (primary N) is 1. The Hall–Kier alpha value is -3.69. The average Bonchev–Trinajstić information content (AvgIpc) is 2.84. The molecule has 3 heterocycles. The molecule has 10 heteroatoms. The molecular formula is C23H22ClN7O2. The van der Waals surface area contributed by atoms with Crippen molar-refractivity contribution in [2.75, 3.05) is 36.9 Å². The number of amidine groups is 1. The quantitative estimate of drug-likeness (QED) is 0.606. The summed E-state index contributed by atoms with van der Waals surface area (Å²) < 4.78 is 11.5. The zero-order valence-electron chi connectivity index (χ0n) is 17.7. The molecular weight excluding hydrogens is 442 g/mol. The van der Waals surface area contributed by atoms with E-state index in [1.165, 1.54) is 0 Å². The molecule has 0 radical (unpaired) electrons. The smallest absolute Gasteiger partial charge is 0.298 e. The van der Waals surface area contributed by atoms with Crippen LogP contribution >= 0.6 is 11.6 Å². The predicted molar refractivity (Wildman–Crippen MR) is 127 cm³/mol. The lowest BCUT2D eigenvalue weighted by molar-refractivity contribution is 0.122. The van der Waals surface area contributed by atoms with Crippen molar-refractivity contribution in [1.82, 2.24) is 20.3 Å². The first-order valence-electron chi connectivity index (χ1n) is 10.5. The van der Waals surface area contributed by atoms with Crippen molar-refractivity contribution in [1.29, 1.82) is 0 Å². The number of nitrogens with zero attached hydrogens (tertiary/aromatic N) is 5. The van der Waals surface area contributed by atoms with E-state index < -0.39 is 6.10 Å². The summed E-state index contributed by atoms with van der Waals surface area (Å²) in [5.41, 5.74) is 8.68. The minimum atomic E-state index is -0.406. The Balaban J connectivity index is 1.50. The van der Waals surface area contributed by atoms with Crippen molar-refractivity contribution in [2.45, 2.75) is 6.10 Å². The topological polar surface area (TPSA) is 111 Å². The highest BCUT2D eigenvalue weighted by atomic mass is 35.5. The molecule has 1 saturated heterocycles. The van der Waals surface area contributed by atoms with Crippen LogP contribution in [0.2, 0.25) is 5.02 Å². The molecule has 2 aromatic carbocycles. The average molecular weight is 464 g/mol. The van der Waals surface area contributed by atoms with Crippen molar-refractivity contribution in [3.8, 4) is 0 Å². The van der Waals surface area contributed by atoms with Gasteiger partial charge < -0.3 is 25.4 Å². The van der Waals surface area contributed by atoms with E-state index in [2.05, 4.69) is 25.3 Å². The van der Waals surface area contributed by atoms with Gasteiger partial charge in [0.1, 0.15) is 6.10 Å². The number of aliphatic imine (C=N–C) groups is 1. The standard InChI is InChI=1S/C23H22ClN7O2/c24-17-8-4-7-16(13-17)19-14-18(15-5-2-1-3-6-15)26-23(33-19)30-21-27-20(25)28-22(29-21)31-9-11-32-12-10-31/h1-8,13-14,19H,9-12H2,(H3,25,26,27,28,29,30). The Morgan fingerprint density at radius 2 is 1.85 bits per heavy atom. The fourth-order valence-corrected chi connectivity index (χ4v) is 3.79. The van der Waals surface area contributed by atoms with Crippen LogP contribution in [-0.4, -0.2) is 47.3 Å². The third-order valence-corrected chi connectivity index (χ3v) is 5.42. The highest BCUT2D eigenvalue weighted by Gasteiger charge is 2.23. The van der Waals surface area contributed by atoms with E-state index in [0.29, 0.717) is 37.3 Å². The number of rotatable bonds is 4. The Morgan fingerprint density at radius 1 is 1.03 bits per heavy atom. The molecule has 0 aliphatic carbocycles. The van der Waals surface area contributed by atoms with E-state index in [0.717, 1.165) is 16.8 Å². The zero-order valence-corrected chi connectivity index (χ0v) is 18.4. The Morgan fingerprint density at radius 3 is 2.64 bits per heavy atom. The van der Waals surface area contributed by atoms with Gasteiger partial charge in [-0.15, -0.1) is 0 Å². The van der Waals surface area contributed by atoms with Gasteiger partial charge >= 0.3 is 0 Å². The third kappa shape index (κ3) is 5.05. The maximum Gasteiger partial charge on any atom is 0.298 e. The fourth-order valence-electron chi connectivity index (χ4n) is 3.60. The molecule has 3 N–H and O–H groups in total. The summed E-state index contributed by atoms with van der Waals surface area (Å²) in [4.78, 5) is 19.4. The molecule has 5 rings (SSSR count). The lowest BCUT2D eigenvalue weighted by atomic mass is 10.0. The van der Waals surface area contributed by atoms with Gasteiger partial charge in [-0.2, -0.15) is 19.9 Å². The highest BCUT2D eigenvalue weighted by molar-refractivity contribution is 6.30. The maximum absolute atomic E-state index is 6.22. The van der Waals surface area contributed by atoms with E-state index in [1.54, 1.807) is 0 Å². The summed E-state index contributed by atoms with van der Waals surface area (Å²) in [6.07, 6.45) is 1.58. The molecule has 0 amide bonds. The molecule has 1 fully saturated rings. The van der Waals surface area contributed by atoms with Crippen LogP contribution in [0.25, 0.3) is 5.70 Å². The third-order valence-electron chi connectivity index (χ3n) is 5.18. The van der Waals surface area contributed by atoms with Crippen LogP contribution in [0.1, 0.15) is 17.2 Å². The summed E-state index contributed by atoms with van der Waals surface area (Å²) in [6, 6.07) is 17.7. The van der Waals surface area contributed by atoms with Gasteiger partial charge in [0.25, 0.3) is 12.0 Å². The number of nitrogens with one attached hydrogen (secondary N) is 1. The largest absolute Gasteiger partial charge is 0.452 e. The molecule has 0 spiro atoms. The van der Waals surface area contributed by atoms with Crippen molar-refractivity contribution < 1.29 is 9.47 Å². The molecule has 9 nitrogen and oxygen atoms in total. The number of aromatic nitrogens is 3. The van der Waals surface area contributed by atoms with E-state index in [1.807, 2.05) is 65.6 Å². The van der Waals surface area contributed by atoms with Crippen LogP contribution in [0.15, 0.2) is 65.7 Å². The van der Waals surface area contributed by atoms with E-state index in [-0.39, 0.29) is 17.9 Å². The van der Waals surface area contributed by atoms with Gasteiger partial charge in [0.15, 0.2) is 0 Å². The van der Waals surface area contributed by atoms with E-state index in [9.17, 15) is 0 Å². The van der Waals surface area contributed by atoms with E-state index in [4.69, 9.17) is 26.8 Å². The van der Waals surface area contributed by atoms with Gasteiger partial charge in [0, 0.05) is 23.8 Å². The van der Waals surface area contributed by atoms with Gasteiger partial charge in [-0.05, 0) is 29.3 Å². The maximum atomic E-state index is 6.22. The molecule has 1 unspecified atom stereocenters. The second-order valence-corrected chi connectivity index (χ2v) is 7.91. The molecule has 33 heavy (non-hydrogen) atoms. The Kier molecular flexibility index (Phi) is 6.05. The number of anilines is 2. The molecule has 2 aliphatic heterocycles. The zero-order chi connectivity index (χ0) is 22.6. The van der Waals surface area contributed by atoms with Gasteiger partial charge in [-0.1, -0.05) is 54.1 Å². The number of hydrogen-bond acceptors (Lipinski definition) is 8. The molecule has 2 aliphatic rings. The normalized spacial score (nSPS) is 19.5. The lowest BCUT2D eigenvalue weighted by Crippen LogP contribution is -2.37. The van der Waals surface area contributed by atoms with Gasteiger partial charge in [0.2, 0.25) is 11.9 Å². The summed E-state index contributed by atoms with van der Waals surface area (Å²) in [6.45, 7) is 2.55. The number of nitrogen functional groups attached to an aromatic ring is 1. The summed E-state index contributed by atoms with van der Waals surface area (Å²) in [7, 11) is 0. The van der Waals surface area contributed by atoms with Crippen LogP contribution in [0.5, 0.6) is 0 Å². The molecule has 3 aromatic rings. The SMILES string of the molecule is Nc1nc(/N=C2\NC(c3ccccc3)=CC(c3cccc(Cl)c3)O2)nc(N2CCOCC2)n1. The van der Waals surface area contributed by atoms with Crippen LogP contribution in [-0.2, 0) is 9.47 Å². The van der Waals surface area contributed by atoms with Gasteiger partial charge in [-0.25, -0.2) is 0 Å². The van der Waals surface area contributed by atoms with Crippen LogP contribution < -0.4 is 16.0 Å². The summed E-state index contributed by atoms with van der Waals surface area (Å²) in [5, 5.41) is 3.86. The van der Waals surface area contributed by atoms with Crippen molar-refractivity contribution in [3.05, 3.63) is 76.8 Å². The highest BCUT2D eigenvalue weighted by Crippen LogP contribution is 2.29. The van der Waals surface area contributed by atoms with Gasteiger partial charge in [0.05, 0.1) is 13.2 Å². The number of ether oxygens (including phenoxy) is 2. The first-order valence-corrected chi connectivity index (χ1v) is 10.9.